The number of methoxy groups -OCH3 is 1. The number of ether oxygens (including phenoxy) is 1. The number of pyridine rings is 1. The number of hydrogen-bond acceptors (Lipinski definition) is 5. The van der Waals surface area contributed by atoms with Crippen molar-refractivity contribution in [3.8, 4) is 5.75 Å². The average molecular weight is 288 g/mol. The van der Waals surface area contributed by atoms with Gasteiger partial charge in [-0.2, -0.15) is 0 Å². The highest BCUT2D eigenvalue weighted by Gasteiger charge is 2.25. The first kappa shape index (κ1) is 15.4. The zero-order chi connectivity index (χ0) is 14.6. The van der Waals surface area contributed by atoms with Crippen LogP contribution in [0.3, 0.4) is 0 Å². The highest BCUT2D eigenvalue weighted by Crippen LogP contribution is 2.19. The number of carboxylic acids is 1. The maximum Gasteiger partial charge on any atom is 0.307 e. The van der Waals surface area contributed by atoms with Gasteiger partial charge < -0.3 is 9.84 Å². The van der Waals surface area contributed by atoms with Crippen LogP contribution >= 0.6 is 0 Å². The van der Waals surface area contributed by atoms with Gasteiger partial charge in [0.2, 0.25) is 10.0 Å². The van der Waals surface area contributed by atoms with E-state index in [2.05, 4.69) is 4.98 Å². The number of carboxylic acid groups (broad SMARTS) is 1. The number of sulfonamides is 1. The Morgan fingerprint density at radius 1 is 1.53 bits per heavy atom. The molecular formula is C11H16N2O5S. The molecule has 106 valence electrons. The summed E-state index contributed by atoms with van der Waals surface area (Å²) in [5.41, 5.74) is 0. The minimum atomic E-state index is -3.77. The molecule has 1 heterocycles. The predicted octanol–water partition coefficient (Wildman–Crippen LogP) is 0.431. The van der Waals surface area contributed by atoms with E-state index >= 15 is 0 Å². The van der Waals surface area contributed by atoms with E-state index in [0.29, 0.717) is 5.75 Å². The average Bonchev–Trinajstić information content (AvgIpc) is 2.38. The number of rotatable bonds is 6. The molecule has 0 saturated carbocycles. The molecule has 1 rings (SSSR count). The van der Waals surface area contributed by atoms with E-state index in [9.17, 15) is 13.2 Å². The molecule has 19 heavy (non-hydrogen) atoms. The molecule has 0 amide bonds. The Kier molecular flexibility index (Phi) is 4.84. The molecule has 0 aromatic carbocycles. The number of hydrogen-bond donors (Lipinski definition) is 1. The molecule has 1 N–H and O–H groups in total. The molecule has 0 aliphatic heterocycles. The number of nitrogens with zero attached hydrogens (tertiary/aromatic N) is 2. The van der Waals surface area contributed by atoms with Gasteiger partial charge in [0.15, 0.2) is 0 Å². The third-order valence-corrected chi connectivity index (χ3v) is 4.37. The monoisotopic (exact) mass is 288 g/mol. The van der Waals surface area contributed by atoms with E-state index in [-0.39, 0.29) is 11.4 Å². The fourth-order valence-electron chi connectivity index (χ4n) is 1.39. The highest BCUT2D eigenvalue weighted by molar-refractivity contribution is 7.89. The van der Waals surface area contributed by atoms with E-state index in [1.165, 1.54) is 39.5 Å². The van der Waals surface area contributed by atoms with Crippen LogP contribution in [0.4, 0.5) is 0 Å². The molecular weight excluding hydrogens is 272 g/mol. The molecule has 0 saturated heterocycles. The summed E-state index contributed by atoms with van der Waals surface area (Å²) in [6.45, 7) is 1.33. The number of aliphatic carboxylic acids is 1. The lowest BCUT2D eigenvalue weighted by Gasteiger charge is -2.19. The topological polar surface area (TPSA) is 96.8 Å². The van der Waals surface area contributed by atoms with Gasteiger partial charge in [0, 0.05) is 25.9 Å². The Morgan fingerprint density at radius 3 is 2.68 bits per heavy atom. The first-order chi connectivity index (χ1) is 8.78. The SMILES string of the molecule is COc1cncc(S(=O)(=O)N(C)CC(C)C(=O)O)c1. The van der Waals surface area contributed by atoms with Crippen LogP contribution in [0, 0.1) is 5.92 Å². The summed E-state index contributed by atoms with van der Waals surface area (Å²) >= 11 is 0. The first-order valence-corrected chi connectivity index (χ1v) is 6.91. The molecule has 1 atom stereocenters. The van der Waals surface area contributed by atoms with Crippen molar-refractivity contribution in [2.24, 2.45) is 5.92 Å². The maximum atomic E-state index is 12.2. The normalized spacial score (nSPS) is 13.3. The molecule has 1 aromatic rings. The lowest BCUT2D eigenvalue weighted by atomic mass is 10.2. The van der Waals surface area contributed by atoms with Gasteiger partial charge in [-0.3, -0.25) is 9.78 Å². The van der Waals surface area contributed by atoms with Crippen LogP contribution in [0.1, 0.15) is 6.92 Å². The van der Waals surface area contributed by atoms with Gasteiger partial charge in [-0.25, -0.2) is 12.7 Å². The summed E-state index contributed by atoms with van der Waals surface area (Å²) in [4.78, 5) is 14.5. The van der Waals surface area contributed by atoms with Crippen LogP contribution in [0.2, 0.25) is 0 Å². The van der Waals surface area contributed by atoms with Crippen LogP contribution in [-0.2, 0) is 14.8 Å². The van der Waals surface area contributed by atoms with Gasteiger partial charge in [0.25, 0.3) is 0 Å². The Bertz CT molecular complexity index is 558. The van der Waals surface area contributed by atoms with Crippen LogP contribution in [0.5, 0.6) is 5.75 Å². The van der Waals surface area contributed by atoms with E-state index in [1.54, 1.807) is 0 Å². The van der Waals surface area contributed by atoms with Gasteiger partial charge >= 0.3 is 5.97 Å². The summed E-state index contributed by atoms with van der Waals surface area (Å²) in [6.07, 6.45) is 2.58. The standard InChI is InChI=1S/C11H16N2O5S/c1-8(11(14)15)7-13(2)19(16,17)10-4-9(18-3)5-12-6-10/h4-6,8H,7H2,1-3H3,(H,14,15). The molecule has 1 unspecified atom stereocenters. The Hall–Kier alpha value is -1.67. The second-order valence-corrected chi connectivity index (χ2v) is 6.13. The van der Waals surface area contributed by atoms with E-state index in [0.717, 1.165) is 4.31 Å². The number of carbonyl (C=O) groups is 1. The smallest absolute Gasteiger partial charge is 0.307 e. The van der Waals surface area contributed by atoms with E-state index in [1.807, 2.05) is 0 Å². The summed E-state index contributed by atoms with van der Waals surface area (Å²) in [7, 11) is -1.04. The van der Waals surface area contributed by atoms with Crippen molar-refractivity contribution in [1.29, 1.82) is 0 Å². The van der Waals surface area contributed by atoms with Crippen molar-refractivity contribution < 1.29 is 23.1 Å². The van der Waals surface area contributed by atoms with Crippen molar-refractivity contribution >= 4 is 16.0 Å². The van der Waals surface area contributed by atoms with Gasteiger partial charge in [-0.05, 0) is 0 Å². The van der Waals surface area contributed by atoms with E-state index < -0.39 is 21.9 Å². The third-order valence-electron chi connectivity index (χ3n) is 2.58. The lowest BCUT2D eigenvalue weighted by Crippen LogP contribution is -2.33. The van der Waals surface area contributed by atoms with Crippen LogP contribution < -0.4 is 4.74 Å². The molecule has 7 nitrogen and oxygen atoms in total. The van der Waals surface area contributed by atoms with Gasteiger partial charge in [-0.1, -0.05) is 6.92 Å². The molecule has 8 heteroatoms. The van der Waals surface area contributed by atoms with Crippen molar-refractivity contribution in [2.75, 3.05) is 20.7 Å². The first-order valence-electron chi connectivity index (χ1n) is 5.47. The second kappa shape index (κ2) is 5.98. The molecule has 0 bridgehead atoms. The molecule has 0 radical (unpaired) electrons. The maximum absolute atomic E-state index is 12.2. The zero-order valence-corrected chi connectivity index (χ0v) is 11.7. The molecule has 0 fully saturated rings. The Balaban J connectivity index is 2.99. The fraction of sp³-hybridized carbons (Fsp3) is 0.455. The Morgan fingerprint density at radius 2 is 2.16 bits per heavy atom. The number of aromatic nitrogens is 1. The fourth-order valence-corrected chi connectivity index (χ4v) is 2.63. The van der Waals surface area contributed by atoms with Crippen molar-refractivity contribution in [2.45, 2.75) is 11.8 Å². The predicted molar refractivity (Wildman–Crippen MR) is 67.4 cm³/mol. The third kappa shape index (κ3) is 3.65. The summed E-state index contributed by atoms with van der Waals surface area (Å²) in [5.74, 6) is -1.52. The largest absolute Gasteiger partial charge is 0.495 e. The molecule has 1 aromatic heterocycles. The van der Waals surface area contributed by atoms with Gasteiger partial charge in [0.1, 0.15) is 10.6 Å². The minimum absolute atomic E-state index is 0.0352. The zero-order valence-electron chi connectivity index (χ0n) is 10.9. The van der Waals surface area contributed by atoms with Gasteiger partial charge in [-0.15, -0.1) is 0 Å². The Labute approximate surface area is 111 Å². The van der Waals surface area contributed by atoms with Crippen molar-refractivity contribution in [1.82, 2.24) is 9.29 Å². The van der Waals surface area contributed by atoms with Crippen LogP contribution in [-0.4, -0.2) is 49.5 Å². The van der Waals surface area contributed by atoms with E-state index in [4.69, 9.17) is 9.84 Å². The van der Waals surface area contributed by atoms with Crippen LogP contribution in [0.15, 0.2) is 23.4 Å². The molecule has 0 aliphatic carbocycles. The summed E-state index contributed by atoms with van der Waals surface area (Å²) < 4.78 is 30.3. The summed E-state index contributed by atoms with van der Waals surface area (Å²) in [5, 5.41) is 8.80. The quantitative estimate of drug-likeness (QED) is 0.815. The molecule has 0 aliphatic rings. The van der Waals surface area contributed by atoms with Crippen molar-refractivity contribution in [3.05, 3.63) is 18.5 Å². The minimum Gasteiger partial charge on any atom is -0.495 e. The molecule has 0 spiro atoms. The highest BCUT2D eigenvalue weighted by atomic mass is 32.2. The van der Waals surface area contributed by atoms with Crippen molar-refractivity contribution in [3.63, 3.8) is 0 Å². The van der Waals surface area contributed by atoms with Gasteiger partial charge in [0.05, 0.1) is 19.2 Å². The second-order valence-electron chi connectivity index (χ2n) is 4.09. The lowest BCUT2D eigenvalue weighted by molar-refractivity contribution is -0.141. The summed E-state index contributed by atoms with van der Waals surface area (Å²) in [6, 6.07) is 1.34. The van der Waals surface area contributed by atoms with Crippen LogP contribution in [0.25, 0.3) is 0 Å².